The molecular formula is C11H11N3O. The van der Waals surface area contributed by atoms with Crippen molar-refractivity contribution in [1.82, 2.24) is 9.55 Å². The molecule has 0 unspecified atom stereocenters. The number of nitrogens with two attached hydrogens (primary N) is 1. The molecule has 15 heavy (non-hydrogen) atoms. The Hall–Kier alpha value is -1.94. The summed E-state index contributed by atoms with van der Waals surface area (Å²) in [5.74, 6) is 0. The number of para-hydroxylation sites is 1. The monoisotopic (exact) mass is 201 g/mol. The van der Waals surface area contributed by atoms with Crippen LogP contribution in [0.4, 0.5) is 0 Å². The Balaban J connectivity index is 2.67. The number of nitrogens with zero attached hydrogens (tertiary/aromatic N) is 2. The number of hydrogen-bond acceptors (Lipinski definition) is 3. The first-order valence-corrected chi connectivity index (χ1v) is 4.65. The smallest absolute Gasteiger partial charge is 0.325 e. The molecule has 1 heterocycles. The highest BCUT2D eigenvalue weighted by molar-refractivity contribution is 5.33. The van der Waals surface area contributed by atoms with E-state index in [4.69, 9.17) is 5.73 Å². The molecule has 2 rings (SSSR count). The van der Waals surface area contributed by atoms with Crippen molar-refractivity contribution in [3.05, 3.63) is 58.8 Å². The zero-order chi connectivity index (χ0) is 10.7. The van der Waals surface area contributed by atoms with E-state index in [-0.39, 0.29) is 5.69 Å². The molecule has 0 spiro atoms. The van der Waals surface area contributed by atoms with Crippen molar-refractivity contribution in [2.45, 2.75) is 6.54 Å². The lowest BCUT2D eigenvalue weighted by atomic mass is 10.3. The third-order valence-corrected chi connectivity index (χ3v) is 2.15. The zero-order valence-electron chi connectivity index (χ0n) is 8.13. The van der Waals surface area contributed by atoms with Crippen LogP contribution in [0, 0.1) is 0 Å². The fourth-order valence-corrected chi connectivity index (χ4v) is 1.45. The molecule has 0 aliphatic heterocycles. The van der Waals surface area contributed by atoms with Gasteiger partial charge in [0.05, 0.1) is 5.69 Å². The minimum atomic E-state index is -0.302. The summed E-state index contributed by atoms with van der Waals surface area (Å²) in [6, 6.07) is 11.1. The number of benzene rings is 1. The number of rotatable bonds is 2. The fourth-order valence-electron chi connectivity index (χ4n) is 1.45. The second-order valence-electron chi connectivity index (χ2n) is 3.09. The van der Waals surface area contributed by atoms with E-state index in [0.29, 0.717) is 6.54 Å². The van der Waals surface area contributed by atoms with E-state index in [1.54, 1.807) is 6.07 Å². The average molecular weight is 201 g/mol. The van der Waals surface area contributed by atoms with Crippen LogP contribution in [0.3, 0.4) is 0 Å². The number of aromatic nitrogens is 2. The summed E-state index contributed by atoms with van der Waals surface area (Å²) in [7, 11) is 0. The Labute approximate surface area is 87.0 Å². The summed E-state index contributed by atoms with van der Waals surface area (Å²) in [5, 5.41) is 0. The average Bonchev–Trinajstić information content (AvgIpc) is 2.29. The minimum absolute atomic E-state index is 0.302. The molecule has 4 heteroatoms. The lowest BCUT2D eigenvalue weighted by Crippen LogP contribution is -2.25. The summed E-state index contributed by atoms with van der Waals surface area (Å²) in [5.41, 5.74) is 6.81. The van der Waals surface area contributed by atoms with Crippen molar-refractivity contribution in [3.63, 3.8) is 0 Å². The summed E-state index contributed by atoms with van der Waals surface area (Å²) in [4.78, 5) is 15.3. The maximum Gasteiger partial charge on any atom is 0.352 e. The largest absolute Gasteiger partial charge is 0.352 e. The zero-order valence-corrected chi connectivity index (χ0v) is 8.13. The first-order valence-electron chi connectivity index (χ1n) is 4.65. The molecule has 1 aromatic carbocycles. The van der Waals surface area contributed by atoms with Crippen molar-refractivity contribution in [2.75, 3.05) is 0 Å². The highest BCUT2D eigenvalue weighted by Gasteiger charge is 2.04. The van der Waals surface area contributed by atoms with Gasteiger partial charge in [-0.15, -0.1) is 0 Å². The molecule has 4 nitrogen and oxygen atoms in total. The van der Waals surface area contributed by atoms with E-state index in [1.165, 1.54) is 10.8 Å². The van der Waals surface area contributed by atoms with Gasteiger partial charge in [0.2, 0.25) is 0 Å². The summed E-state index contributed by atoms with van der Waals surface area (Å²) < 4.78 is 1.51. The van der Waals surface area contributed by atoms with E-state index < -0.39 is 0 Å². The first kappa shape index (κ1) is 9.61. The normalized spacial score (nSPS) is 10.2. The van der Waals surface area contributed by atoms with E-state index in [0.717, 1.165) is 11.4 Å². The molecule has 0 amide bonds. The molecule has 0 atom stereocenters. The first-order chi connectivity index (χ1) is 7.33. The standard InChI is InChI=1S/C11H11N3O/c12-8-10-6-7-13-11(15)14(10)9-4-2-1-3-5-9/h1-7H,8,12H2. The number of hydrogen-bond donors (Lipinski definition) is 1. The van der Waals surface area contributed by atoms with Gasteiger partial charge in [-0.25, -0.2) is 9.78 Å². The summed E-state index contributed by atoms with van der Waals surface area (Å²) >= 11 is 0. The van der Waals surface area contributed by atoms with Crippen LogP contribution in [0.1, 0.15) is 5.69 Å². The van der Waals surface area contributed by atoms with Gasteiger partial charge in [0.1, 0.15) is 0 Å². The van der Waals surface area contributed by atoms with Crippen LogP contribution in [0.15, 0.2) is 47.4 Å². The lowest BCUT2D eigenvalue weighted by Gasteiger charge is -2.09. The van der Waals surface area contributed by atoms with E-state index in [2.05, 4.69) is 4.98 Å². The molecule has 0 aliphatic carbocycles. The topological polar surface area (TPSA) is 60.9 Å². The van der Waals surface area contributed by atoms with Gasteiger partial charge in [0.15, 0.2) is 0 Å². The van der Waals surface area contributed by atoms with Crippen LogP contribution < -0.4 is 11.4 Å². The maximum absolute atomic E-state index is 11.6. The Kier molecular flexibility index (Phi) is 2.60. The maximum atomic E-state index is 11.6. The van der Waals surface area contributed by atoms with Crippen molar-refractivity contribution in [2.24, 2.45) is 5.73 Å². The Morgan fingerprint density at radius 1 is 1.20 bits per heavy atom. The molecule has 0 saturated heterocycles. The van der Waals surface area contributed by atoms with E-state index >= 15 is 0 Å². The Morgan fingerprint density at radius 2 is 1.93 bits per heavy atom. The van der Waals surface area contributed by atoms with Gasteiger partial charge in [0.25, 0.3) is 0 Å². The molecule has 0 aliphatic rings. The highest BCUT2D eigenvalue weighted by Crippen LogP contribution is 2.06. The molecule has 2 N–H and O–H groups in total. The highest BCUT2D eigenvalue weighted by atomic mass is 16.1. The second-order valence-corrected chi connectivity index (χ2v) is 3.09. The van der Waals surface area contributed by atoms with Gasteiger partial charge < -0.3 is 5.73 Å². The van der Waals surface area contributed by atoms with E-state index in [9.17, 15) is 4.79 Å². The van der Waals surface area contributed by atoms with Gasteiger partial charge in [-0.05, 0) is 18.2 Å². The predicted molar refractivity (Wildman–Crippen MR) is 57.7 cm³/mol. The molecule has 0 radical (unpaired) electrons. The molecule has 2 aromatic rings. The van der Waals surface area contributed by atoms with Crippen LogP contribution in [-0.2, 0) is 6.54 Å². The fraction of sp³-hybridized carbons (Fsp3) is 0.0909. The van der Waals surface area contributed by atoms with E-state index in [1.807, 2.05) is 30.3 Å². The third kappa shape index (κ3) is 1.80. The van der Waals surface area contributed by atoms with Crippen LogP contribution in [0.2, 0.25) is 0 Å². The van der Waals surface area contributed by atoms with Crippen LogP contribution in [0.5, 0.6) is 0 Å². The molecule has 76 valence electrons. The predicted octanol–water partition coefficient (Wildman–Crippen LogP) is 0.691. The molecule has 1 aromatic heterocycles. The summed E-state index contributed by atoms with van der Waals surface area (Å²) in [6.07, 6.45) is 1.48. The Bertz CT molecular complexity index is 505. The van der Waals surface area contributed by atoms with Crippen LogP contribution in [0.25, 0.3) is 5.69 Å². The quantitative estimate of drug-likeness (QED) is 0.777. The SMILES string of the molecule is NCc1ccnc(=O)n1-c1ccccc1. The van der Waals surface area contributed by atoms with Gasteiger partial charge in [-0.1, -0.05) is 18.2 Å². The minimum Gasteiger partial charge on any atom is -0.325 e. The second kappa shape index (κ2) is 4.06. The van der Waals surface area contributed by atoms with Crippen LogP contribution >= 0.6 is 0 Å². The lowest BCUT2D eigenvalue weighted by molar-refractivity contribution is 0.818. The van der Waals surface area contributed by atoms with Crippen LogP contribution in [-0.4, -0.2) is 9.55 Å². The molecular weight excluding hydrogens is 190 g/mol. The Morgan fingerprint density at radius 3 is 2.60 bits per heavy atom. The molecule has 0 fully saturated rings. The molecule has 0 bridgehead atoms. The van der Waals surface area contributed by atoms with Crippen molar-refractivity contribution < 1.29 is 0 Å². The van der Waals surface area contributed by atoms with Gasteiger partial charge >= 0.3 is 5.69 Å². The summed E-state index contributed by atoms with van der Waals surface area (Å²) in [6.45, 7) is 0.312. The van der Waals surface area contributed by atoms with Gasteiger partial charge in [0, 0.05) is 18.4 Å². The van der Waals surface area contributed by atoms with Crippen molar-refractivity contribution in [3.8, 4) is 5.69 Å². The third-order valence-electron chi connectivity index (χ3n) is 2.15. The molecule has 0 saturated carbocycles. The van der Waals surface area contributed by atoms with Crippen molar-refractivity contribution >= 4 is 0 Å². The van der Waals surface area contributed by atoms with Crippen molar-refractivity contribution in [1.29, 1.82) is 0 Å². The van der Waals surface area contributed by atoms with Gasteiger partial charge in [-0.2, -0.15) is 0 Å². The van der Waals surface area contributed by atoms with Gasteiger partial charge in [-0.3, -0.25) is 4.57 Å².